The zero-order valence-electron chi connectivity index (χ0n) is 18.3. The molecule has 0 unspecified atom stereocenters. The van der Waals surface area contributed by atoms with E-state index in [1.807, 2.05) is 29.2 Å². The Morgan fingerprint density at radius 3 is 2.06 bits per heavy atom. The molecule has 31 heavy (non-hydrogen) atoms. The molecular weight excluding hydrogens is 392 g/mol. The summed E-state index contributed by atoms with van der Waals surface area (Å²) in [6, 6.07) is 12.2. The van der Waals surface area contributed by atoms with Crippen molar-refractivity contribution in [1.82, 2.24) is 20.0 Å². The van der Waals surface area contributed by atoms with E-state index in [0.717, 1.165) is 63.0 Å². The second kappa shape index (κ2) is 10.1. The van der Waals surface area contributed by atoms with E-state index < -0.39 is 0 Å². The fourth-order valence-corrected chi connectivity index (χ4v) is 4.29. The molecule has 1 aromatic carbocycles. The van der Waals surface area contributed by atoms with Gasteiger partial charge in [0, 0.05) is 58.9 Å². The summed E-state index contributed by atoms with van der Waals surface area (Å²) in [6.07, 6.45) is 0.460. The van der Waals surface area contributed by atoms with Crippen LogP contribution in [0.5, 0.6) is 0 Å². The van der Waals surface area contributed by atoms with E-state index in [9.17, 15) is 4.79 Å². The monoisotopic (exact) mass is 424 g/mol. The minimum absolute atomic E-state index is 0.187. The maximum Gasteiger partial charge on any atom is 0.227 e. The average Bonchev–Trinajstić information content (AvgIpc) is 2.80. The van der Waals surface area contributed by atoms with Gasteiger partial charge in [0.1, 0.15) is 0 Å². The maximum absolute atomic E-state index is 12.7. The largest absolute Gasteiger partial charge is 0.395 e. The van der Waals surface area contributed by atoms with Crippen molar-refractivity contribution < 1.29 is 9.90 Å². The van der Waals surface area contributed by atoms with Gasteiger partial charge in [0.15, 0.2) is 11.6 Å². The average molecular weight is 425 g/mol. The minimum Gasteiger partial charge on any atom is -0.395 e. The number of carbonyl (C=O) groups is 1. The Morgan fingerprint density at radius 1 is 0.903 bits per heavy atom. The van der Waals surface area contributed by atoms with Crippen molar-refractivity contribution in [3.05, 3.63) is 47.5 Å². The number of aliphatic hydroxyl groups is 1. The Bertz CT molecular complexity index is 859. The minimum atomic E-state index is 0.187. The normalized spacial score (nSPS) is 17.8. The number of carbonyl (C=O) groups excluding carboxylic acids is 1. The van der Waals surface area contributed by atoms with Gasteiger partial charge in [-0.3, -0.25) is 9.69 Å². The number of hydrogen-bond donors (Lipinski definition) is 1. The van der Waals surface area contributed by atoms with Crippen LogP contribution in [0.4, 0.5) is 11.6 Å². The number of amides is 1. The first kappa shape index (κ1) is 21.5. The second-order valence-corrected chi connectivity index (χ2v) is 8.34. The van der Waals surface area contributed by atoms with Crippen molar-refractivity contribution in [2.24, 2.45) is 0 Å². The lowest BCUT2D eigenvalue weighted by Crippen LogP contribution is -2.49. The molecule has 0 aliphatic carbocycles. The van der Waals surface area contributed by atoms with Crippen LogP contribution in [0.2, 0.25) is 0 Å². The molecule has 1 aromatic heterocycles. The molecule has 2 aliphatic rings. The first-order valence-corrected chi connectivity index (χ1v) is 11.1. The van der Waals surface area contributed by atoms with Crippen LogP contribution in [0.1, 0.15) is 11.1 Å². The molecule has 2 aliphatic heterocycles. The Morgan fingerprint density at radius 2 is 1.52 bits per heavy atom. The summed E-state index contributed by atoms with van der Waals surface area (Å²) in [4.78, 5) is 21.3. The van der Waals surface area contributed by atoms with E-state index in [2.05, 4.69) is 44.0 Å². The van der Waals surface area contributed by atoms with Crippen LogP contribution in [-0.4, -0.2) is 96.5 Å². The summed E-state index contributed by atoms with van der Waals surface area (Å²) in [7, 11) is 0. The zero-order valence-corrected chi connectivity index (χ0v) is 18.3. The molecule has 166 valence electrons. The summed E-state index contributed by atoms with van der Waals surface area (Å²) in [5.41, 5.74) is 2.26. The molecule has 2 fully saturated rings. The summed E-state index contributed by atoms with van der Waals surface area (Å²) >= 11 is 0. The van der Waals surface area contributed by atoms with E-state index in [-0.39, 0.29) is 12.5 Å². The highest BCUT2D eigenvalue weighted by Gasteiger charge is 2.23. The van der Waals surface area contributed by atoms with E-state index >= 15 is 0 Å². The topological polar surface area (TPSA) is 76.0 Å². The fraction of sp³-hybridized carbons (Fsp3) is 0.522. The maximum atomic E-state index is 12.7. The summed E-state index contributed by atoms with van der Waals surface area (Å²) in [5, 5.41) is 18.0. The SMILES string of the molecule is Cc1cccc(CC(=O)N2CCN(c3ccc(N4CCN(CCO)CC4)nn3)CC2)c1. The molecule has 2 aromatic rings. The fourth-order valence-electron chi connectivity index (χ4n) is 4.29. The molecule has 0 spiro atoms. The highest BCUT2D eigenvalue weighted by atomic mass is 16.3. The molecule has 4 rings (SSSR count). The predicted octanol–water partition coefficient (Wildman–Crippen LogP) is 0.791. The molecule has 0 saturated carbocycles. The van der Waals surface area contributed by atoms with Gasteiger partial charge in [-0.2, -0.15) is 0 Å². The second-order valence-electron chi connectivity index (χ2n) is 8.34. The highest BCUT2D eigenvalue weighted by Crippen LogP contribution is 2.18. The number of aryl methyl sites for hydroxylation is 1. The van der Waals surface area contributed by atoms with Crippen molar-refractivity contribution in [2.45, 2.75) is 13.3 Å². The molecule has 0 atom stereocenters. The van der Waals surface area contributed by atoms with Crippen molar-refractivity contribution in [1.29, 1.82) is 0 Å². The van der Waals surface area contributed by atoms with Crippen LogP contribution >= 0.6 is 0 Å². The van der Waals surface area contributed by atoms with Crippen LogP contribution in [0.3, 0.4) is 0 Å². The molecule has 8 nitrogen and oxygen atoms in total. The number of anilines is 2. The first-order valence-electron chi connectivity index (χ1n) is 11.1. The van der Waals surface area contributed by atoms with E-state index in [1.165, 1.54) is 5.56 Å². The quantitative estimate of drug-likeness (QED) is 0.735. The third-order valence-electron chi connectivity index (χ3n) is 6.14. The number of hydrogen-bond acceptors (Lipinski definition) is 7. The first-order chi connectivity index (χ1) is 15.1. The molecule has 1 amide bonds. The molecular formula is C23H32N6O2. The van der Waals surface area contributed by atoms with Crippen molar-refractivity contribution in [3.63, 3.8) is 0 Å². The van der Waals surface area contributed by atoms with E-state index in [1.54, 1.807) is 0 Å². The lowest BCUT2D eigenvalue weighted by Gasteiger charge is -2.36. The number of rotatable bonds is 6. The lowest BCUT2D eigenvalue weighted by molar-refractivity contribution is -0.130. The molecule has 1 N–H and O–H groups in total. The van der Waals surface area contributed by atoms with Crippen molar-refractivity contribution in [2.75, 3.05) is 75.3 Å². The van der Waals surface area contributed by atoms with E-state index in [0.29, 0.717) is 19.5 Å². The van der Waals surface area contributed by atoms with E-state index in [4.69, 9.17) is 5.11 Å². The summed E-state index contributed by atoms with van der Waals surface area (Å²) in [5.74, 6) is 1.96. The van der Waals surface area contributed by atoms with Crippen molar-refractivity contribution >= 4 is 17.5 Å². The smallest absolute Gasteiger partial charge is 0.227 e. The Hall–Kier alpha value is -2.71. The Kier molecular flexibility index (Phi) is 6.99. The number of aliphatic hydroxyl groups excluding tert-OH is 1. The zero-order chi connectivity index (χ0) is 21.6. The van der Waals surface area contributed by atoms with Crippen LogP contribution in [0.15, 0.2) is 36.4 Å². The van der Waals surface area contributed by atoms with Crippen LogP contribution in [-0.2, 0) is 11.2 Å². The third-order valence-corrected chi connectivity index (χ3v) is 6.14. The van der Waals surface area contributed by atoms with Gasteiger partial charge in [-0.05, 0) is 24.6 Å². The van der Waals surface area contributed by atoms with Gasteiger partial charge in [-0.25, -0.2) is 0 Å². The van der Waals surface area contributed by atoms with Gasteiger partial charge in [-0.15, -0.1) is 10.2 Å². The van der Waals surface area contributed by atoms with Crippen molar-refractivity contribution in [3.8, 4) is 0 Å². The van der Waals surface area contributed by atoms with Gasteiger partial charge in [0.05, 0.1) is 13.0 Å². The molecule has 8 heteroatoms. The molecule has 3 heterocycles. The molecule has 2 saturated heterocycles. The highest BCUT2D eigenvalue weighted by molar-refractivity contribution is 5.79. The third kappa shape index (κ3) is 5.51. The van der Waals surface area contributed by atoms with Gasteiger partial charge < -0.3 is 19.8 Å². The number of benzene rings is 1. The number of nitrogens with zero attached hydrogens (tertiary/aromatic N) is 6. The standard InChI is InChI=1S/C23H32N6O2/c1-19-3-2-4-20(17-19)18-23(31)29-13-11-28(12-14-29)22-6-5-21(24-25-22)27-9-7-26(8-10-27)15-16-30/h2-6,17,30H,7-16,18H2,1H3. The summed E-state index contributed by atoms with van der Waals surface area (Å²) in [6.45, 7) is 9.62. The van der Waals surface area contributed by atoms with Crippen LogP contribution in [0, 0.1) is 6.92 Å². The van der Waals surface area contributed by atoms with Gasteiger partial charge in [-0.1, -0.05) is 29.8 Å². The molecule has 0 bridgehead atoms. The lowest BCUT2D eigenvalue weighted by atomic mass is 10.1. The van der Waals surface area contributed by atoms with Crippen LogP contribution in [0.25, 0.3) is 0 Å². The Balaban J connectivity index is 1.26. The predicted molar refractivity (Wildman–Crippen MR) is 121 cm³/mol. The summed E-state index contributed by atoms with van der Waals surface area (Å²) < 4.78 is 0. The molecule has 0 radical (unpaired) electrons. The van der Waals surface area contributed by atoms with Gasteiger partial charge >= 0.3 is 0 Å². The number of aromatic nitrogens is 2. The van der Waals surface area contributed by atoms with Crippen LogP contribution < -0.4 is 9.80 Å². The van der Waals surface area contributed by atoms with Gasteiger partial charge in [0.2, 0.25) is 5.91 Å². The number of β-amino-alcohol motifs (C(OH)–C–C–N with tert-alkyl or cyclic N) is 1. The Labute approximate surface area is 184 Å². The van der Waals surface area contributed by atoms with Gasteiger partial charge in [0.25, 0.3) is 0 Å². The number of piperazine rings is 2.